The van der Waals surface area contributed by atoms with Gasteiger partial charge in [-0.25, -0.2) is 4.39 Å². The largest absolute Gasteiger partial charge is 0.484 e. The van der Waals surface area contributed by atoms with Crippen LogP contribution in [0.4, 0.5) is 4.39 Å². The third-order valence-corrected chi connectivity index (χ3v) is 7.07. The Morgan fingerprint density at radius 2 is 1.59 bits per heavy atom. The normalized spacial score (nSPS) is 25.5. The number of benzene rings is 2. The van der Waals surface area contributed by atoms with Crippen LogP contribution in [0.25, 0.3) is 0 Å². The maximum absolute atomic E-state index is 13.5. The van der Waals surface area contributed by atoms with Crippen molar-refractivity contribution in [1.82, 2.24) is 10.6 Å². The molecule has 0 radical (unpaired) electrons. The van der Waals surface area contributed by atoms with Gasteiger partial charge in [0.1, 0.15) is 17.3 Å². The van der Waals surface area contributed by atoms with Crippen LogP contribution < -0.4 is 20.1 Å². The Morgan fingerprint density at radius 3 is 2.21 bits per heavy atom. The number of hydrogen-bond donors (Lipinski definition) is 3. The third-order valence-electron chi connectivity index (χ3n) is 6.77. The molecule has 0 spiro atoms. The lowest BCUT2D eigenvalue weighted by atomic mass is 9.60. The van der Waals surface area contributed by atoms with Gasteiger partial charge in [-0.05, 0) is 63.3 Å². The second-order valence-corrected chi connectivity index (χ2v) is 9.63. The number of aryl methyl sites for hydroxylation is 1. The quantitative estimate of drug-likeness (QED) is 0.527. The number of rotatable bonds is 8. The Morgan fingerprint density at radius 1 is 1.00 bits per heavy atom. The molecule has 3 aliphatic carbocycles. The highest BCUT2D eigenvalue weighted by molar-refractivity contribution is 6.30. The topological polar surface area (TPSA) is 96.9 Å². The summed E-state index contributed by atoms with van der Waals surface area (Å²) in [6, 6.07) is 11.4. The van der Waals surface area contributed by atoms with Gasteiger partial charge >= 0.3 is 0 Å². The molecule has 0 aromatic heterocycles. The van der Waals surface area contributed by atoms with E-state index in [1.54, 1.807) is 12.1 Å². The van der Waals surface area contributed by atoms with Gasteiger partial charge in [0, 0.05) is 11.6 Å². The van der Waals surface area contributed by atoms with Crippen molar-refractivity contribution in [2.75, 3.05) is 13.2 Å². The molecule has 7 nitrogen and oxygen atoms in total. The van der Waals surface area contributed by atoms with Crippen molar-refractivity contribution in [3.05, 3.63) is 58.9 Å². The fourth-order valence-electron chi connectivity index (χ4n) is 4.81. The summed E-state index contributed by atoms with van der Waals surface area (Å²) in [6.45, 7) is 1.55. The first-order valence-electron chi connectivity index (χ1n) is 11.3. The Bertz CT molecular complexity index is 1050. The standard InChI is InChI=1S/C25H28ClFN2O5/c1-16-2-4-17(5-3-16)33-15-23(32)29-25-10-8-24(9-11-25,13-21(25)30)28-22(31)14-34-18-6-7-19(26)20(27)12-18/h2-7,12,21,30H,8-11,13-15H2,1H3,(H,28,31)(H,29,32)/t21-,24?,25?/m1/s1. The van der Waals surface area contributed by atoms with Crippen LogP contribution in [0.5, 0.6) is 11.5 Å². The van der Waals surface area contributed by atoms with E-state index in [2.05, 4.69) is 10.6 Å². The smallest absolute Gasteiger partial charge is 0.258 e. The second-order valence-electron chi connectivity index (χ2n) is 9.22. The molecule has 2 amide bonds. The van der Waals surface area contributed by atoms with Gasteiger partial charge < -0.3 is 25.2 Å². The fourth-order valence-corrected chi connectivity index (χ4v) is 4.92. The van der Waals surface area contributed by atoms with E-state index in [0.717, 1.165) is 11.6 Å². The molecule has 0 heterocycles. The number of aliphatic hydroxyl groups excluding tert-OH is 1. The van der Waals surface area contributed by atoms with Gasteiger partial charge in [0.25, 0.3) is 11.8 Å². The number of nitrogens with one attached hydrogen (secondary N) is 2. The lowest BCUT2D eigenvalue weighted by Gasteiger charge is -2.56. The number of carbonyl (C=O) groups excluding carboxylic acids is 2. The molecule has 5 rings (SSSR count). The van der Waals surface area contributed by atoms with Crippen LogP contribution >= 0.6 is 11.6 Å². The Balaban J connectivity index is 1.27. The lowest BCUT2D eigenvalue weighted by Crippen LogP contribution is -2.70. The van der Waals surface area contributed by atoms with Gasteiger partial charge in [0.05, 0.1) is 16.7 Å². The summed E-state index contributed by atoms with van der Waals surface area (Å²) in [6.07, 6.45) is 1.83. The van der Waals surface area contributed by atoms with Crippen LogP contribution in [0.3, 0.4) is 0 Å². The minimum Gasteiger partial charge on any atom is -0.484 e. The zero-order chi connectivity index (χ0) is 24.3. The molecule has 0 saturated heterocycles. The van der Waals surface area contributed by atoms with Crippen LogP contribution in [-0.4, -0.2) is 47.3 Å². The summed E-state index contributed by atoms with van der Waals surface area (Å²) >= 11 is 5.65. The first kappa shape index (κ1) is 24.3. The van der Waals surface area contributed by atoms with E-state index in [1.807, 2.05) is 19.1 Å². The van der Waals surface area contributed by atoms with Gasteiger partial charge in [0.2, 0.25) is 0 Å². The number of carbonyl (C=O) groups is 2. The maximum atomic E-state index is 13.5. The molecule has 2 aromatic rings. The van der Waals surface area contributed by atoms with Crippen molar-refractivity contribution >= 4 is 23.4 Å². The highest BCUT2D eigenvalue weighted by Gasteiger charge is 2.55. The van der Waals surface area contributed by atoms with Crippen molar-refractivity contribution in [3.63, 3.8) is 0 Å². The Labute approximate surface area is 202 Å². The van der Waals surface area contributed by atoms with Crippen LogP contribution in [0.15, 0.2) is 42.5 Å². The Kier molecular flexibility index (Phi) is 7.00. The molecule has 9 heteroatoms. The summed E-state index contributed by atoms with van der Waals surface area (Å²) in [7, 11) is 0. The highest BCUT2D eigenvalue weighted by atomic mass is 35.5. The van der Waals surface area contributed by atoms with Crippen molar-refractivity contribution in [2.24, 2.45) is 0 Å². The molecule has 182 valence electrons. The van der Waals surface area contributed by atoms with Crippen LogP contribution in [0.1, 0.15) is 37.7 Å². The zero-order valence-corrected chi connectivity index (χ0v) is 19.7. The first-order valence-corrected chi connectivity index (χ1v) is 11.6. The van der Waals surface area contributed by atoms with Gasteiger partial charge in [-0.2, -0.15) is 0 Å². The van der Waals surface area contributed by atoms with Crippen molar-refractivity contribution in [3.8, 4) is 11.5 Å². The predicted octanol–water partition coefficient (Wildman–Crippen LogP) is 3.29. The lowest BCUT2D eigenvalue weighted by molar-refractivity contribution is -0.137. The SMILES string of the molecule is Cc1ccc(OCC(=O)NC23CCC(NC(=O)COc4ccc(Cl)c(F)c4)(CC2)C[C@H]3O)cc1. The zero-order valence-electron chi connectivity index (χ0n) is 18.9. The number of halogens is 2. The minimum atomic E-state index is -0.801. The molecule has 1 atom stereocenters. The molecule has 3 aliphatic rings. The molecule has 0 aliphatic heterocycles. The van der Waals surface area contributed by atoms with Crippen LogP contribution in [-0.2, 0) is 9.59 Å². The van der Waals surface area contributed by atoms with E-state index < -0.39 is 23.0 Å². The average Bonchev–Trinajstić information content (AvgIpc) is 2.81. The van der Waals surface area contributed by atoms with E-state index in [9.17, 15) is 19.1 Å². The fraction of sp³-hybridized carbons (Fsp3) is 0.440. The summed E-state index contributed by atoms with van der Waals surface area (Å²) in [5.41, 5.74) is -0.183. The van der Waals surface area contributed by atoms with Gasteiger partial charge in [-0.3, -0.25) is 9.59 Å². The van der Waals surface area contributed by atoms with E-state index >= 15 is 0 Å². The molecule has 0 unspecified atom stereocenters. The van der Waals surface area contributed by atoms with Crippen LogP contribution in [0.2, 0.25) is 5.02 Å². The number of fused-ring (bicyclic) bond motifs is 3. The third kappa shape index (κ3) is 5.45. The molecule has 2 bridgehead atoms. The first-order chi connectivity index (χ1) is 16.2. The van der Waals surface area contributed by atoms with E-state index in [0.29, 0.717) is 37.9 Å². The van der Waals surface area contributed by atoms with E-state index in [-0.39, 0.29) is 35.8 Å². The molecule has 3 fully saturated rings. The monoisotopic (exact) mass is 490 g/mol. The number of hydrogen-bond acceptors (Lipinski definition) is 5. The van der Waals surface area contributed by atoms with E-state index in [1.165, 1.54) is 12.1 Å². The molecule has 3 saturated carbocycles. The second kappa shape index (κ2) is 9.80. The highest BCUT2D eigenvalue weighted by Crippen LogP contribution is 2.47. The molecular formula is C25H28ClFN2O5. The predicted molar refractivity (Wildman–Crippen MR) is 124 cm³/mol. The molecular weight excluding hydrogens is 463 g/mol. The maximum Gasteiger partial charge on any atom is 0.258 e. The summed E-state index contributed by atoms with van der Waals surface area (Å²) in [5, 5.41) is 16.8. The minimum absolute atomic E-state index is 0.0219. The van der Waals surface area contributed by atoms with Gasteiger partial charge in [-0.15, -0.1) is 0 Å². The Hall–Kier alpha value is -2.84. The summed E-state index contributed by atoms with van der Waals surface area (Å²) in [5.74, 6) is -0.453. The molecule has 34 heavy (non-hydrogen) atoms. The van der Waals surface area contributed by atoms with Crippen molar-refractivity contribution in [2.45, 2.75) is 56.2 Å². The molecule has 2 aromatic carbocycles. The van der Waals surface area contributed by atoms with E-state index in [4.69, 9.17) is 21.1 Å². The number of amides is 2. The summed E-state index contributed by atoms with van der Waals surface area (Å²) < 4.78 is 24.5. The summed E-state index contributed by atoms with van der Waals surface area (Å²) in [4.78, 5) is 25.0. The van der Waals surface area contributed by atoms with Gasteiger partial charge in [0.15, 0.2) is 13.2 Å². The average molecular weight is 491 g/mol. The van der Waals surface area contributed by atoms with Gasteiger partial charge in [-0.1, -0.05) is 29.3 Å². The number of ether oxygens (including phenoxy) is 2. The molecule has 3 N–H and O–H groups in total. The van der Waals surface area contributed by atoms with Crippen LogP contribution in [0, 0.1) is 12.7 Å². The number of aliphatic hydroxyl groups is 1. The van der Waals surface area contributed by atoms with Crippen molar-refractivity contribution in [1.29, 1.82) is 0 Å². The van der Waals surface area contributed by atoms with Crippen molar-refractivity contribution < 1.29 is 28.6 Å².